The second kappa shape index (κ2) is 9.75. The van der Waals surface area contributed by atoms with Crippen LogP contribution in [0.2, 0.25) is 0 Å². The van der Waals surface area contributed by atoms with Crippen LogP contribution in [-0.4, -0.2) is 30.0 Å². The number of hydrogen-bond donors (Lipinski definition) is 2. The lowest BCUT2D eigenvalue weighted by Gasteiger charge is -2.13. The number of aromatic nitrogens is 2. The predicted molar refractivity (Wildman–Crippen MR) is 124 cm³/mol. The van der Waals surface area contributed by atoms with Crippen molar-refractivity contribution in [3.8, 4) is 0 Å². The molecule has 168 valence electrons. The summed E-state index contributed by atoms with van der Waals surface area (Å²) in [5.41, 5.74) is 0.444. The molecule has 2 N–H and O–H groups in total. The van der Waals surface area contributed by atoms with Gasteiger partial charge in [-0.15, -0.1) is 6.58 Å². The Balaban J connectivity index is 1.78. The lowest BCUT2D eigenvalue weighted by Crippen LogP contribution is -2.41. The summed E-state index contributed by atoms with van der Waals surface area (Å²) in [5, 5.41) is 3.05. The van der Waals surface area contributed by atoms with E-state index < -0.39 is 27.2 Å². The number of carbonyl (C=O) groups is 1. The SMILES string of the molecule is C=CCNS(=O)(=O)Cc1ccc(NC(=O)Cn2c(=O)n(CC)c(=O)c3ccccc32)cc1. The fraction of sp³-hybridized carbons (Fsp3) is 0.227. The first-order valence-electron chi connectivity index (χ1n) is 9.95. The average molecular weight is 457 g/mol. The fourth-order valence-corrected chi connectivity index (χ4v) is 4.39. The van der Waals surface area contributed by atoms with Crippen molar-refractivity contribution in [3.05, 3.63) is 87.6 Å². The number of fused-ring (bicyclic) bond motifs is 1. The van der Waals surface area contributed by atoms with E-state index in [1.165, 1.54) is 10.6 Å². The number of carbonyl (C=O) groups excluding carboxylic acids is 1. The maximum atomic E-state index is 12.8. The molecule has 0 aliphatic carbocycles. The molecule has 0 aliphatic heterocycles. The molecule has 3 aromatic rings. The van der Waals surface area contributed by atoms with Crippen LogP contribution in [0, 0.1) is 0 Å². The average Bonchev–Trinajstić information content (AvgIpc) is 2.77. The molecule has 0 saturated carbocycles. The van der Waals surface area contributed by atoms with Crippen molar-refractivity contribution in [1.82, 2.24) is 13.9 Å². The molecule has 1 aromatic heterocycles. The Morgan fingerprint density at radius 3 is 2.41 bits per heavy atom. The Morgan fingerprint density at radius 2 is 1.75 bits per heavy atom. The predicted octanol–water partition coefficient (Wildman–Crippen LogP) is 1.43. The van der Waals surface area contributed by atoms with E-state index in [4.69, 9.17) is 0 Å². The topological polar surface area (TPSA) is 119 Å². The van der Waals surface area contributed by atoms with Crippen molar-refractivity contribution in [3.63, 3.8) is 0 Å². The Labute approximate surface area is 185 Å². The minimum absolute atomic E-state index is 0.149. The normalized spacial score (nSPS) is 11.4. The van der Waals surface area contributed by atoms with Crippen molar-refractivity contribution >= 4 is 32.5 Å². The van der Waals surface area contributed by atoms with Crippen LogP contribution in [0.4, 0.5) is 5.69 Å². The van der Waals surface area contributed by atoms with E-state index in [0.717, 1.165) is 4.57 Å². The van der Waals surface area contributed by atoms with Crippen molar-refractivity contribution in [1.29, 1.82) is 0 Å². The van der Waals surface area contributed by atoms with Gasteiger partial charge in [0.05, 0.1) is 16.7 Å². The van der Waals surface area contributed by atoms with Gasteiger partial charge >= 0.3 is 5.69 Å². The third-order valence-corrected chi connectivity index (χ3v) is 6.11. The van der Waals surface area contributed by atoms with Crippen LogP contribution in [-0.2, 0) is 33.7 Å². The molecule has 0 fully saturated rings. The molecule has 0 spiro atoms. The second-order valence-electron chi connectivity index (χ2n) is 7.08. The molecule has 0 aliphatic rings. The van der Waals surface area contributed by atoms with Crippen LogP contribution in [0.3, 0.4) is 0 Å². The number of rotatable bonds is 9. The van der Waals surface area contributed by atoms with Gasteiger partial charge in [-0.05, 0) is 36.8 Å². The molecule has 0 unspecified atom stereocenters. The molecule has 1 amide bonds. The first-order valence-corrected chi connectivity index (χ1v) is 11.6. The zero-order valence-corrected chi connectivity index (χ0v) is 18.4. The molecule has 32 heavy (non-hydrogen) atoms. The summed E-state index contributed by atoms with van der Waals surface area (Å²) in [5.74, 6) is -0.652. The molecule has 3 rings (SSSR count). The van der Waals surface area contributed by atoms with E-state index in [9.17, 15) is 22.8 Å². The van der Waals surface area contributed by atoms with Crippen LogP contribution in [0.25, 0.3) is 10.9 Å². The van der Waals surface area contributed by atoms with Crippen LogP contribution in [0.5, 0.6) is 0 Å². The highest BCUT2D eigenvalue weighted by atomic mass is 32.2. The smallest absolute Gasteiger partial charge is 0.325 e. The largest absolute Gasteiger partial charge is 0.331 e. The summed E-state index contributed by atoms with van der Waals surface area (Å²) in [6.45, 7) is 5.22. The fourth-order valence-electron chi connectivity index (χ4n) is 3.29. The van der Waals surface area contributed by atoms with Gasteiger partial charge in [0.15, 0.2) is 0 Å². The van der Waals surface area contributed by atoms with Crippen LogP contribution in [0.15, 0.2) is 70.8 Å². The lowest BCUT2D eigenvalue weighted by atomic mass is 10.2. The van der Waals surface area contributed by atoms with Gasteiger partial charge in [0.2, 0.25) is 15.9 Å². The number of benzene rings is 2. The number of amides is 1. The number of sulfonamides is 1. The van der Waals surface area contributed by atoms with Gasteiger partial charge < -0.3 is 5.32 Å². The van der Waals surface area contributed by atoms with E-state index in [1.54, 1.807) is 55.5 Å². The van der Waals surface area contributed by atoms with Crippen molar-refractivity contribution in [2.45, 2.75) is 25.8 Å². The second-order valence-corrected chi connectivity index (χ2v) is 8.88. The summed E-state index contributed by atoms with van der Waals surface area (Å²) in [4.78, 5) is 37.9. The highest BCUT2D eigenvalue weighted by molar-refractivity contribution is 7.88. The molecule has 10 heteroatoms. The zero-order valence-electron chi connectivity index (χ0n) is 17.6. The molecule has 2 aromatic carbocycles. The highest BCUT2D eigenvalue weighted by Gasteiger charge is 2.15. The number of nitrogens with zero attached hydrogens (tertiary/aromatic N) is 2. The third kappa shape index (κ3) is 5.21. The van der Waals surface area contributed by atoms with Crippen molar-refractivity contribution < 1.29 is 13.2 Å². The summed E-state index contributed by atoms with van der Waals surface area (Å²) < 4.78 is 28.7. The van der Waals surface area contributed by atoms with E-state index in [0.29, 0.717) is 22.2 Å². The highest BCUT2D eigenvalue weighted by Crippen LogP contribution is 2.13. The van der Waals surface area contributed by atoms with Gasteiger partial charge in [0, 0.05) is 18.8 Å². The van der Waals surface area contributed by atoms with Gasteiger partial charge in [-0.25, -0.2) is 17.9 Å². The third-order valence-electron chi connectivity index (χ3n) is 4.79. The van der Waals surface area contributed by atoms with Gasteiger partial charge in [-0.2, -0.15) is 0 Å². The van der Waals surface area contributed by atoms with Gasteiger partial charge in [0.25, 0.3) is 5.56 Å². The van der Waals surface area contributed by atoms with Gasteiger partial charge in [-0.1, -0.05) is 30.3 Å². The molecule has 1 heterocycles. The first kappa shape index (κ1) is 23.2. The van der Waals surface area contributed by atoms with E-state index >= 15 is 0 Å². The summed E-state index contributed by atoms with van der Waals surface area (Å²) in [7, 11) is -3.48. The molecular formula is C22H24N4O5S. The number of hydrogen-bond acceptors (Lipinski definition) is 5. The molecule has 0 atom stereocenters. The number of anilines is 1. The molecular weight excluding hydrogens is 432 g/mol. The molecule has 0 saturated heterocycles. The number of nitrogens with one attached hydrogen (secondary N) is 2. The summed E-state index contributed by atoms with van der Waals surface area (Å²) in [6, 6.07) is 13.0. The maximum absolute atomic E-state index is 12.8. The maximum Gasteiger partial charge on any atom is 0.331 e. The standard InChI is InChI=1S/C22H24N4O5S/c1-3-13-23-32(30,31)15-16-9-11-17(12-10-16)24-20(27)14-26-19-8-6-5-7-18(19)21(28)25(4-2)22(26)29/h3,5-12,23H,1,4,13-15H2,2H3,(H,24,27). The molecule has 0 bridgehead atoms. The Kier molecular flexibility index (Phi) is 7.06. The van der Waals surface area contributed by atoms with Crippen LogP contribution >= 0.6 is 0 Å². The lowest BCUT2D eigenvalue weighted by molar-refractivity contribution is -0.116. The Hall–Kier alpha value is -3.50. The molecule has 0 radical (unpaired) electrons. The van der Waals surface area contributed by atoms with Crippen molar-refractivity contribution in [2.24, 2.45) is 0 Å². The first-order chi connectivity index (χ1) is 15.3. The molecule has 9 nitrogen and oxygen atoms in total. The monoisotopic (exact) mass is 456 g/mol. The summed E-state index contributed by atoms with van der Waals surface area (Å²) in [6.07, 6.45) is 1.46. The van der Waals surface area contributed by atoms with Crippen LogP contribution < -0.4 is 21.3 Å². The minimum Gasteiger partial charge on any atom is -0.325 e. The Bertz CT molecular complexity index is 1370. The van der Waals surface area contributed by atoms with Gasteiger partial charge in [-0.3, -0.25) is 18.7 Å². The van der Waals surface area contributed by atoms with Crippen LogP contribution in [0.1, 0.15) is 12.5 Å². The number of para-hydroxylation sites is 1. The van der Waals surface area contributed by atoms with Gasteiger partial charge in [0.1, 0.15) is 6.54 Å². The Morgan fingerprint density at radius 1 is 1.06 bits per heavy atom. The minimum atomic E-state index is -3.48. The zero-order chi connectivity index (χ0) is 23.3. The van der Waals surface area contributed by atoms with E-state index in [1.807, 2.05) is 0 Å². The summed E-state index contributed by atoms with van der Waals surface area (Å²) >= 11 is 0. The van der Waals surface area contributed by atoms with E-state index in [-0.39, 0.29) is 25.4 Å². The quantitative estimate of drug-likeness (QED) is 0.472. The van der Waals surface area contributed by atoms with Crippen molar-refractivity contribution in [2.75, 3.05) is 11.9 Å². The van der Waals surface area contributed by atoms with E-state index in [2.05, 4.69) is 16.6 Å².